The van der Waals surface area contributed by atoms with E-state index in [0.29, 0.717) is 6.42 Å². The van der Waals surface area contributed by atoms with Crippen LogP contribution >= 0.6 is 0 Å². The lowest BCUT2D eigenvalue weighted by atomic mass is 9.91. The second kappa shape index (κ2) is 8.98. The molecule has 0 bridgehead atoms. The molecule has 0 aromatic heterocycles. The maximum absolute atomic E-state index is 11.7. The van der Waals surface area contributed by atoms with Crippen molar-refractivity contribution >= 4 is 18.0 Å². The van der Waals surface area contributed by atoms with Crippen LogP contribution in [0.15, 0.2) is 30.3 Å². The standard InChI is InChI=1S/C18H24O5/c1-5-18(2,3)17(20)23-13-12-22-16(19)11-8-14-6-9-15(21-4)10-7-14/h6-11H,5,12-13H2,1-4H3/b11-8+. The highest BCUT2D eigenvalue weighted by atomic mass is 16.6. The topological polar surface area (TPSA) is 61.8 Å². The highest BCUT2D eigenvalue weighted by molar-refractivity contribution is 5.87. The fourth-order valence-corrected chi connectivity index (χ4v) is 1.54. The molecular weight excluding hydrogens is 296 g/mol. The first kappa shape index (κ1) is 18.7. The number of hydrogen-bond acceptors (Lipinski definition) is 5. The minimum atomic E-state index is -0.516. The summed E-state index contributed by atoms with van der Waals surface area (Å²) in [6.07, 6.45) is 3.67. The number of rotatable bonds is 8. The van der Waals surface area contributed by atoms with Gasteiger partial charge in [0.25, 0.3) is 0 Å². The molecule has 5 heteroatoms. The Balaban J connectivity index is 2.31. The summed E-state index contributed by atoms with van der Waals surface area (Å²) >= 11 is 0. The van der Waals surface area contributed by atoms with Crippen LogP contribution in [0.1, 0.15) is 32.8 Å². The molecule has 0 heterocycles. The van der Waals surface area contributed by atoms with Crippen molar-refractivity contribution in [1.29, 1.82) is 0 Å². The summed E-state index contributed by atoms with van der Waals surface area (Å²) < 4.78 is 15.1. The van der Waals surface area contributed by atoms with Crippen molar-refractivity contribution in [3.8, 4) is 5.75 Å². The van der Waals surface area contributed by atoms with E-state index in [0.717, 1.165) is 11.3 Å². The molecule has 1 aromatic carbocycles. The van der Waals surface area contributed by atoms with Crippen LogP contribution in [-0.2, 0) is 19.1 Å². The van der Waals surface area contributed by atoms with E-state index in [1.165, 1.54) is 6.08 Å². The van der Waals surface area contributed by atoms with Gasteiger partial charge in [-0.2, -0.15) is 0 Å². The Morgan fingerprint density at radius 3 is 2.26 bits per heavy atom. The van der Waals surface area contributed by atoms with E-state index in [1.807, 2.05) is 32.9 Å². The Kier molecular flexibility index (Phi) is 7.32. The monoisotopic (exact) mass is 320 g/mol. The van der Waals surface area contributed by atoms with Crippen LogP contribution in [0.4, 0.5) is 0 Å². The maximum Gasteiger partial charge on any atom is 0.330 e. The van der Waals surface area contributed by atoms with Crippen LogP contribution < -0.4 is 4.74 Å². The van der Waals surface area contributed by atoms with Gasteiger partial charge in [-0.25, -0.2) is 4.79 Å². The number of ether oxygens (including phenoxy) is 3. The molecular formula is C18H24O5. The molecule has 0 aliphatic rings. The lowest BCUT2D eigenvalue weighted by molar-refractivity contribution is -0.157. The van der Waals surface area contributed by atoms with E-state index in [9.17, 15) is 9.59 Å². The second-order valence-corrected chi connectivity index (χ2v) is 5.65. The predicted molar refractivity (Wildman–Crippen MR) is 88.0 cm³/mol. The third-order valence-corrected chi connectivity index (χ3v) is 3.52. The largest absolute Gasteiger partial charge is 0.497 e. The van der Waals surface area contributed by atoms with Crippen molar-refractivity contribution in [1.82, 2.24) is 0 Å². The van der Waals surface area contributed by atoms with Gasteiger partial charge < -0.3 is 14.2 Å². The van der Waals surface area contributed by atoms with Crippen LogP contribution in [-0.4, -0.2) is 32.3 Å². The van der Waals surface area contributed by atoms with Crippen molar-refractivity contribution < 1.29 is 23.8 Å². The Morgan fingerprint density at radius 1 is 1.09 bits per heavy atom. The highest BCUT2D eigenvalue weighted by Crippen LogP contribution is 2.21. The summed E-state index contributed by atoms with van der Waals surface area (Å²) in [6, 6.07) is 7.27. The number of benzene rings is 1. The van der Waals surface area contributed by atoms with Crippen LogP contribution in [0.3, 0.4) is 0 Å². The molecule has 126 valence electrons. The third kappa shape index (κ3) is 6.55. The molecule has 0 fully saturated rings. The van der Waals surface area contributed by atoms with Gasteiger partial charge in [-0.1, -0.05) is 19.1 Å². The summed E-state index contributed by atoms with van der Waals surface area (Å²) in [6.45, 7) is 5.66. The van der Waals surface area contributed by atoms with Gasteiger partial charge in [-0.3, -0.25) is 4.79 Å². The number of carbonyl (C=O) groups excluding carboxylic acids is 2. The van der Waals surface area contributed by atoms with Gasteiger partial charge in [0, 0.05) is 6.08 Å². The summed E-state index contributed by atoms with van der Waals surface area (Å²) in [5.74, 6) is -0.0158. The van der Waals surface area contributed by atoms with E-state index in [-0.39, 0.29) is 19.2 Å². The molecule has 0 saturated heterocycles. The molecule has 0 amide bonds. The number of methoxy groups -OCH3 is 1. The van der Waals surface area contributed by atoms with Crippen molar-refractivity contribution in [2.45, 2.75) is 27.2 Å². The van der Waals surface area contributed by atoms with Gasteiger partial charge in [-0.15, -0.1) is 0 Å². The molecule has 0 N–H and O–H groups in total. The molecule has 0 aliphatic heterocycles. The SMILES string of the molecule is CCC(C)(C)C(=O)OCCOC(=O)/C=C/c1ccc(OC)cc1. The normalized spacial score (nSPS) is 11.3. The smallest absolute Gasteiger partial charge is 0.330 e. The predicted octanol–water partition coefficient (Wildman–Crippen LogP) is 3.23. The van der Waals surface area contributed by atoms with E-state index in [1.54, 1.807) is 25.3 Å². The van der Waals surface area contributed by atoms with Gasteiger partial charge in [0.1, 0.15) is 19.0 Å². The Morgan fingerprint density at radius 2 is 1.70 bits per heavy atom. The Labute approximate surface area is 137 Å². The minimum Gasteiger partial charge on any atom is -0.497 e. The van der Waals surface area contributed by atoms with Crippen molar-refractivity contribution in [2.75, 3.05) is 20.3 Å². The number of carbonyl (C=O) groups is 2. The van der Waals surface area contributed by atoms with Crippen LogP contribution in [0.2, 0.25) is 0 Å². The van der Waals surface area contributed by atoms with Crippen LogP contribution in [0.25, 0.3) is 6.08 Å². The number of esters is 2. The summed E-state index contributed by atoms with van der Waals surface area (Å²) in [4.78, 5) is 23.3. The average molecular weight is 320 g/mol. The van der Waals surface area contributed by atoms with Crippen molar-refractivity contribution in [2.24, 2.45) is 5.41 Å². The molecule has 0 aliphatic carbocycles. The number of hydrogen-bond donors (Lipinski definition) is 0. The zero-order chi connectivity index (χ0) is 17.3. The van der Waals surface area contributed by atoms with Gasteiger partial charge >= 0.3 is 11.9 Å². The van der Waals surface area contributed by atoms with Crippen molar-refractivity contribution in [3.63, 3.8) is 0 Å². The van der Waals surface area contributed by atoms with E-state index in [4.69, 9.17) is 14.2 Å². The molecule has 0 atom stereocenters. The molecule has 5 nitrogen and oxygen atoms in total. The van der Waals surface area contributed by atoms with Gasteiger partial charge in [0.15, 0.2) is 0 Å². The molecule has 1 rings (SSSR count). The van der Waals surface area contributed by atoms with Crippen molar-refractivity contribution in [3.05, 3.63) is 35.9 Å². The van der Waals surface area contributed by atoms with E-state index >= 15 is 0 Å². The lowest BCUT2D eigenvalue weighted by Crippen LogP contribution is -2.27. The first-order valence-corrected chi connectivity index (χ1v) is 7.55. The zero-order valence-electron chi connectivity index (χ0n) is 14.1. The molecule has 0 radical (unpaired) electrons. The Bertz CT molecular complexity index is 543. The molecule has 23 heavy (non-hydrogen) atoms. The fraction of sp³-hybridized carbons (Fsp3) is 0.444. The van der Waals surface area contributed by atoms with Gasteiger partial charge in [0.05, 0.1) is 12.5 Å². The van der Waals surface area contributed by atoms with Gasteiger partial charge in [0.2, 0.25) is 0 Å². The average Bonchev–Trinajstić information content (AvgIpc) is 2.57. The first-order valence-electron chi connectivity index (χ1n) is 7.55. The second-order valence-electron chi connectivity index (χ2n) is 5.65. The van der Waals surface area contributed by atoms with Gasteiger partial charge in [-0.05, 0) is 44.0 Å². The molecule has 0 saturated carbocycles. The quantitative estimate of drug-likeness (QED) is 0.418. The fourth-order valence-electron chi connectivity index (χ4n) is 1.54. The highest BCUT2D eigenvalue weighted by Gasteiger charge is 2.26. The Hall–Kier alpha value is -2.30. The maximum atomic E-state index is 11.7. The van der Waals surface area contributed by atoms with Crippen LogP contribution in [0.5, 0.6) is 5.75 Å². The summed E-state index contributed by atoms with van der Waals surface area (Å²) in [7, 11) is 1.59. The van der Waals surface area contributed by atoms with E-state index in [2.05, 4.69) is 0 Å². The van der Waals surface area contributed by atoms with E-state index < -0.39 is 11.4 Å². The summed E-state index contributed by atoms with van der Waals surface area (Å²) in [5.41, 5.74) is 0.344. The van der Waals surface area contributed by atoms with Crippen LogP contribution in [0, 0.1) is 5.41 Å². The minimum absolute atomic E-state index is 0.0390. The first-order chi connectivity index (χ1) is 10.9. The zero-order valence-corrected chi connectivity index (χ0v) is 14.1. The molecule has 1 aromatic rings. The lowest BCUT2D eigenvalue weighted by Gasteiger charge is -2.20. The summed E-state index contributed by atoms with van der Waals surface area (Å²) in [5, 5.41) is 0. The molecule has 0 spiro atoms. The molecule has 0 unspecified atom stereocenters. The third-order valence-electron chi connectivity index (χ3n) is 3.52.